The van der Waals surface area contributed by atoms with Crippen LogP contribution in [0.5, 0.6) is 11.5 Å². The summed E-state index contributed by atoms with van der Waals surface area (Å²) in [5.41, 5.74) is 2.21. The number of unbranched alkanes of at least 4 members (excludes halogenated alkanes) is 2. The summed E-state index contributed by atoms with van der Waals surface area (Å²) < 4.78 is 12.6. The maximum absolute atomic E-state index is 11.1. The first kappa shape index (κ1) is 28.5. The Morgan fingerprint density at radius 2 is 1.46 bits per heavy atom. The lowest BCUT2D eigenvalue weighted by Gasteiger charge is -2.20. The number of nitrogens with one attached hydrogen (secondary N) is 1. The first-order chi connectivity index (χ1) is 17.0. The van der Waals surface area contributed by atoms with Crippen molar-refractivity contribution < 1.29 is 19.4 Å². The second-order valence-electron chi connectivity index (χ2n) is 9.46. The second kappa shape index (κ2) is 16.1. The van der Waals surface area contributed by atoms with Crippen LogP contribution in [-0.4, -0.2) is 24.3 Å². The predicted molar refractivity (Wildman–Crippen MR) is 145 cm³/mol. The Labute approximate surface area is 212 Å². The van der Waals surface area contributed by atoms with E-state index in [1.54, 1.807) is 24.3 Å². The smallest absolute Gasteiger partial charge is 0.335 e. The monoisotopic (exact) mass is 483 g/mol. The molecule has 0 aliphatic heterocycles. The molecule has 0 bridgehead atoms. The van der Waals surface area contributed by atoms with Gasteiger partial charge in [-0.05, 0) is 61.1 Å². The van der Waals surface area contributed by atoms with Crippen molar-refractivity contribution in [2.24, 2.45) is 11.8 Å². The molecule has 2 aromatic carbocycles. The molecule has 0 aromatic heterocycles. The van der Waals surface area contributed by atoms with Crippen LogP contribution >= 0.6 is 0 Å². The minimum Gasteiger partial charge on any atom is -0.493 e. The maximum Gasteiger partial charge on any atom is 0.335 e. The van der Waals surface area contributed by atoms with Crippen LogP contribution in [0.2, 0.25) is 0 Å². The van der Waals surface area contributed by atoms with Gasteiger partial charge in [-0.25, -0.2) is 4.79 Å². The Balaban J connectivity index is 2.11. The van der Waals surface area contributed by atoms with Crippen LogP contribution in [0.15, 0.2) is 42.5 Å². The molecule has 5 heteroatoms. The van der Waals surface area contributed by atoms with Gasteiger partial charge in [0.05, 0.1) is 18.8 Å². The number of carboxylic acid groups (broad SMARTS) is 1. The SMILES string of the molecule is CCCCC(CC)COc1ccc(CNc2ccc(C(=O)O)cc2)c(OCC(CC)CCCC)c1. The van der Waals surface area contributed by atoms with Crippen molar-refractivity contribution in [1.82, 2.24) is 0 Å². The average Bonchev–Trinajstić information content (AvgIpc) is 2.88. The topological polar surface area (TPSA) is 67.8 Å². The number of carbonyl (C=O) groups is 1. The largest absolute Gasteiger partial charge is 0.493 e. The van der Waals surface area contributed by atoms with E-state index in [9.17, 15) is 4.79 Å². The highest BCUT2D eigenvalue weighted by atomic mass is 16.5. The van der Waals surface area contributed by atoms with Gasteiger partial charge in [-0.15, -0.1) is 0 Å². The molecule has 5 nitrogen and oxygen atoms in total. The number of benzene rings is 2. The van der Waals surface area contributed by atoms with Gasteiger partial charge in [0.2, 0.25) is 0 Å². The lowest BCUT2D eigenvalue weighted by molar-refractivity contribution is 0.0697. The highest BCUT2D eigenvalue weighted by Gasteiger charge is 2.13. The fraction of sp³-hybridized carbons (Fsp3) is 0.567. The summed E-state index contributed by atoms with van der Waals surface area (Å²) in [5, 5.41) is 12.5. The number of hydrogen-bond donors (Lipinski definition) is 2. The van der Waals surface area contributed by atoms with E-state index in [-0.39, 0.29) is 5.56 Å². The molecule has 35 heavy (non-hydrogen) atoms. The van der Waals surface area contributed by atoms with E-state index in [0.29, 0.717) is 25.0 Å². The van der Waals surface area contributed by atoms with E-state index < -0.39 is 5.97 Å². The third-order valence-corrected chi connectivity index (χ3v) is 6.70. The van der Waals surface area contributed by atoms with Crippen molar-refractivity contribution >= 4 is 11.7 Å². The lowest BCUT2D eigenvalue weighted by atomic mass is 10.0. The molecule has 0 radical (unpaired) electrons. The van der Waals surface area contributed by atoms with Gasteiger partial charge < -0.3 is 19.9 Å². The molecule has 0 spiro atoms. The highest BCUT2D eigenvalue weighted by molar-refractivity contribution is 5.88. The maximum atomic E-state index is 11.1. The summed E-state index contributed by atoms with van der Waals surface area (Å²) in [5.74, 6) is 1.91. The zero-order chi connectivity index (χ0) is 25.5. The van der Waals surface area contributed by atoms with E-state index in [2.05, 4.69) is 39.1 Å². The van der Waals surface area contributed by atoms with Crippen LogP contribution < -0.4 is 14.8 Å². The van der Waals surface area contributed by atoms with Crippen molar-refractivity contribution in [3.05, 3.63) is 53.6 Å². The molecule has 0 heterocycles. The fourth-order valence-electron chi connectivity index (χ4n) is 4.05. The normalized spacial score (nSPS) is 12.7. The van der Waals surface area contributed by atoms with E-state index in [4.69, 9.17) is 14.6 Å². The summed E-state index contributed by atoms with van der Waals surface area (Å²) >= 11 is 0. The number of aromatic carboxylic acids is 1. The summed E-state index contributed by atoms with van der Waals surface area (Å²) in [7, 11) is 0. The molecule has 0 fully saturated rings. The van der Waals surface area contributed by atoms with Gasteiger partial charge in [-0.1, -0.05) is 66.2 Å². The first-order valence-corrected chi connectivity index (χ1v) is 13.5. The first-order valence-electron chi connectivity index (χ1n) is 13.5. The van der Waals surface area contributed by atoms with Crippen molar-refractivity contribution in [3.63, 3.8) is 0 Å². The van der Waals surface area contributed by atoms with E-state index in [1.807, 2.05) is 12.1 Å². The molecule has 2 N–H and O–H groups in total. The van der Waals surface area contributed by atoms with Crippen molar-refractivity contribution in [3.8, 4) is 11.5 Å². The van der Waals surface area contributed by atoms with Crippen molar-refractivity contribution in [1.29, 1.82) is 0 Å². The third-order valence-electron chi connectivity index (χ3n) is 6.70. The van der Waals surface area contributed by atoms with Crippen LogP contribution in [0.4, 0.5) is 5.69 Å². The molecular weight excluding hydrogens is 438 g/mol. The summed E-state index contributed by atoms with van der Waals surface area (Å²) in [6.07, 6.45) is 9.50. The Bertz CT molecular complexity index is 865. The van der Waals surface area contributed by atoms with Gasteiger partial charge in [-0.2, -0.15) is 0 Å². The van der Waals surface area contributed by atoms with Gasteiger partial charge in [0.1, 0.15) is 11.5 Å². The molecule has 2 atom stereocenters. The summed E-state index contributed by atoms with van der Waals surface area (Å²) in [4.78, 5) is 11.1. The minimum absolute atomic E-state index is 0.281. The molecule has 2 rings (SSSR count). The molecular formula is C30H45NO4. The molecule has 0 amide bonds. The Hall–Kier alpha value is -2.69. The molecule has 0 saturated heterocycles. The van der Waals surface area contributed by atoms with E-state index in [0.717, 1.165) is 42.2 Å². The van der Waals surface area contributed by atoms with Crippen LogP contribution in [0.1, 0.15) is 95.0 Å². The van der Waals surface area contributed by atoms with Crippen LogP contribution in [-0.2, 0) is 6.54 Å². The van der Waals surface area contributed by atoms with Gasteiger partial charge >= 0.3 is 5.97 Å². The van der Waals surface area contributed by atoms with Gasteiger partial charge in [0.25, 0.3) is 0 Å². The lowest BCUT2D eigenvalue weighted by Crippen LogP contribution is -2.14. The number of anilines is 1. The number of carboxylic acids is 1. The van der Waals surface area contributed by atoms with Gasteiger partial charge in [0, 0.05) is 23.9 Å². The zero-order valence-corrected chi connectivity index (χ0v) is 22.1. The average molecular weight is 484 g/mol. The van der Waals surface area contributed by atoms with Gasteiger partial charge in [-0.3, -0.25) is 0 Å². The summed E-state index contributed by atoms with van der Waals surface area (Å²) in [6, 6.07) is 12.9. The van der Waals surface area contributed by atoms with Crippen molar-refractivity contribution in [2.45, 2.75) is 85.6 Å². The minimum atomic E-state index is -0.920. The third kappa shape index (κ3) is 10.2. The number of ether oxygens (including phenoxy) is 2. The molecule has 0 saturated carbocycles. The molecule has 0 aliphatic carbocycles. The summed E-state index contributed by atoms with van der Waals surface area (Å²) in [6.45, 7) is 10.9. The predicted octanol–water partition coefficient (Wildman–Crippen LogP) is 8.19. The Morgan fingerprint density at radius 3 is 2.00 bits per heavy atom. The second-order valence-corrected chi connectivity index (χ2v) is 9.46. The van der Waals surface area contributed by atoms with Crippen LogP contribution in [0.25, 0.3) is 0 Å². The zero-order valence-electron chi connectivity index (χ0n) is 22.1. The Morgan fingerprint density at radius 1 is 0.857 bits per heavy atom. The van der Waals surface area contributed by atoms with Crippen molar-refractivity contribution in [2.75, 3.05) is 18.5 Å². The van der Waals surface area contributed by atoms with E-state index >= 15 is 0 Å². The number of hydrogen-bond acceptors (Lipinski definition) is 4. The molecule has 194 valence electrons. The Kier molecular flexibility index (Phi) is 13.1. The molecule has 2 unspecified atom stereocenters. The standard InChI is InChI=1S/C30H45NO4/c1-5-9-11-23(7-3)21-34-28-18-15-26(20-31-27-16-13-25(14-17-27)30(32)33)29(19-28)35-22-24(8-4)12-10-6-2/h13-19,23-24,31H,5-12,20-22H2,1-4H3,(H,32,33). The quantitative estimate of drug-likeness (QED) is 0.224. The van der Waals surface area contributed by atoms with E-state index in [1.165, 1.54) is 38.5 Å². The molecule has 0 aliphatic rings. The number of rotatable bonds is 18. The fourth-order valence-corrected chi connectivity index (χ4v) is 4.05. The highest BCUT2D eigenvalue weighted by Crippen LogP contribution is 2.28. The van der Waals surface area contributed by atoms with Gasteiger partial charge in [0.15, 0.2) is 0 Å². The van der Waals surface area contributed by atoms with Crippen LogP contribution in [0.3, 0.4) is 0 Å². The molecule has 2 aromatic rings. The van der Waals surface area contributed by atoms with Crippen LogP contribution in [0, 0.1) is 11.8 Å².